The molecule has 0 aromatic heterocycles. The highest BCUT2D eigenvalue weighted by atomic mass is 127. The summed E-state index contributed by atoms with van der Waals surface area (Å²) < 4.78 is 7.45. The van der Waals surface area contributed by atoms with Crippen molar-refractivity contribution in [2.24, 2.45) is 0 Å². The van der Waals surface area contributed by atoms with Crippen molar-refractivity contribution >= 4 is 48.0 Å². The molecule has 40 heavy (non-hydrogen) atoms. The molecule has 8 nitrogen and oxygen atoms in total. The van der Waals surface area contributed by atoms with Crippen molar-refractivity contribution in [3.05, 3.63) is 50.6 Å². The number of unbranched alkanes of at least 4 members (excludes halogenated alkanes) is 11. The first-order valence-electron chi connectivity index (χ1n) is 14.9. The molecule has 0 spiro atoms. The van der Waals surface area contributed by atoms with Crippen LogP contribution in [0.5, 0.6) is 0 Å². The maximum Gasteiger partial charge on any atom is 0.299 e. The Labute approximate surface area is 256 Å². The topological polar surface area (TPSA) is 108 Å². The van der Waals surface area contributed by atoms with Crippen molar-refractivity contribution in [1.29, 1.82) is 0 Å². The van der Waals surface area contributed by atoms with E-state index in [0.717, 1.165) is 18.9 Å². The van der Waals surface area contributed by atoms with Crippen LogP contribution in [0.25, 0.3) is 0 Å². The number of halogens is 1. The fraction of sp³-hybridized carbons (Fsp3) is 0.733. The number of nitro groups is 2. The van der Waals surface area contributed by atoms with E-state index in [9.17, 15) is 20.2 Å². The Morgan fingerprint density at radius 3 is 1.98 bits per heavy atom. The molecule has 0 aliphatic carbocycles. The van der Waals surface area contributed by atoms with Crippen LogP contribution in [-0.4, -0.2) is 34.7 Å². The molecular formula is C30H52IN3O5Si. The van der Waals surface area contributed by atoms with E-state index in [0.29, 0.717) is 4.43 Å². The Morgan fingerprint density at radius 1 is 0.950 bits per heavy atom. The van der Waals surface area contributed by atoms with Crippen LogP contribution in [0, 0.1) is 20.2 Å². The zero-order chi connectivity index (χ0) is 30.2. The van der Waals surface area contributed by atoms with Crippen LogP contribution >= 0.6 is 22.6 Å². The van der Waals surface area contributed by atoms with E-state index in [1.807, 2.05) is 0 Å². The molecule has 0 amide bonds. The standard InChI is InChI=1S/C30H52IN3O5Si/c1-7-8-9-10-11-12-13-14-15-16-17-18-19-20-29(39-40(5,6)30(2,3)4)27(24-31)32-26-22-21-25(33(35)36)23-28(26)34(37)38/h19-23,27,29,32H,7-18,24H2,1-6H3/b20-19+/t27-,29-/m1/s1. The molecule has 0 saturated carbocycles. The molecular weight excluding hydrogens is 637 g/mol. The highest BCUT2D eigenvalue weighted by molar-refractivity contribution is 14.1. The largest absolute Gasteiger partial charge is 0.408 e. The van der Waals surface area contributed by atoms with Crippen LogP contribution in [-0.2, 0) is 4.43 Å². The van der Waals surface area contributed by atoms with Gasteiger partial charge in [-0.1, -0.05) is 127 Å². The highest BCUT2D eigenvalue weighted by Gasteiger charge is 2.40. The number of anilines is 1. The smallest absolute Gasteiger partial charge is 0.299 e. The van der Waals surface area contributed by atoms with Gasteiger partial charge in [0.15, 0.2) is 8.32 Å². The van der Waals surface area contributed by atoms with Crippen molar-refractivity contribution in [2.45, 2.75) is 135 Å². The van der Waals surface area contributed by atoms with Crippen LogP contribution in [0.3, 0.4) is 0 Å². The van der Waals surface area contributed by atoms with Gasteiger partial charge < -0.3 is 9.74 Å². The predicted octanol–water partition coefficient (Wildman–Crippen LogP) is 10.4. The summed E-state index contributed by atoms with van der Waals surface area (Å²) in [5.41, 5.74) is -0.343. The summed E-state index contributed by atoms with van der Waals surface area (Å²) in [4.78, 5) is 21.7. The lowest BCUT2D eigenvalue weighted by atomic mass is 10.0. The average Bonchev–Trinajstić information content (AvgIpc) is 2.88. The molecule has 0 unspecified atom stereocenters. The maximum atomic E-state index is 11.7. The summed E-state index contributed by atoms with van der Waals surface area (Å²) in [5.74, 6) is 0. The minimum absolute atomic E-state index is 0.00424. The average molecular weight is 690 g/mol. The van der Waals surface area contributed by atoms with Gasteiger partial charge in [-0.2, -0.15) is 0 Å². The van der Waals surface area contributed by atoms with Gasteiger partial charge in [0.2, 0.25) is 0 Å². The summed E-state index contributed by atoms with van der Waals surface area (Å²) in [6.07, 6.45) is 19.4. The van der Waals surface area contributed by atoms with Gasteiger partial charge in [0.1, 0.15) is 5.69 Å². The first-order valence-corrected chi connectivity index (χ1v) is 19.4. The number of nitrogens with zero attached hydrogens (tertiary/aromatic N) is 2. The van der Waals surface area contributed by atoms with Crippen molar-refractivity contribution in [3.8, 4) is 0 Å². The van der Waals surface area contributed by atoms with E-state index < -0.39 is 18.2 Å². The lowest BCUT2D eigenvalue weighted by Gasteiger charge is -2.40. The number of nitrogens with one attached hydrogen (secondary N) is 1. The van der Waals surface area contributed by atoms with Gasteiger partial charge in [-0.3, -0.25) is 20.2 Å². The molecule has 1 rings (SSSR count). The first-order chi connectivity index (χ1) is 18.8. The second kappa shape index (κ2) is 18.8. The molecule has 228 valence electrons. The van der Waals surface area contributed by atoms with Gasteiger partial charge >= 0.3 is 0 Å². The summed E-state index contributed by atoms with van der Waals surface area (Å²) in [5, 5.41) is 26.2. The first kappa shape index (κ1) is 36.5. The molecule has 10 heteroatoms. The van der Waals surface area contributed by atoms with E-state index in [-0.39, 0.29) is 34.2 Å². The molecule has 1 N–H and O–H groups in total. The lowest BCUT2D eigenvalue weighted by Crippen LogP contribution is -2.48. The van der Waals surface area contributed by atoms with Crippen LogP contribution in [0.1, 0.15) is 105 Å². The Bertz CT molecular complexity index is 936. The fourth-order valence-corrected chi connectivity index (χ4v) is 6.24. The van der Waals surface area contributed by atoms with Crippen molar-refractivity contribution in [3.63, 3.8) is 0 Å². The third-order valence-corrected chi connectivity index (χ3v) is 13.3. The normalized spacial score (nSPS) is 13.9. The molecule has 0 saturated heterocycles. The summed E-state index contributed by atoms with van der Waals surface area (Å²) in [6.45, 7) is 13.2. The van der Waals surface area contributed by atoms with Crippen LogP contribution in [0.2, 0.25) is 18.1 Å². The number of nitro benzene ring substituents is 2. The second-order valence-corrected chi connectivity index (χ2v) is 17.9. The Balaban J connectivity index is 2.83. The maximum absolute atomic E-state index is 11.7. The van der Waals surface area contributed by atoms with E-state index in [1.165, 1.54) is 76.3 Å². The van der Waals surface area contributed by atoms with Gasteiger partial charge in [0.25, 0.3) is 11.4 Å². The molecule has 0 aliphatic rings. The summed E-state index contributed by atoms with van der Waals surface area (Å²) >= 11 is 2.27. The van der Waals surface area contributed by atoms with Crippen molar-refractivity contribution in [1.82, 2.24) is 0 Å². The Morgan fingerprint density at radius 2 is 1.50 bits per heavy atom. The van der Waals surface area contributed by atoms with Gasteiger partial charge in [0.05, 0.1) is 28.1 Å². The number of rotatable bonds is 21. The number of non-ortho nitro benzene ring substituents is 1. The number of alkyl halides is 1. The zero-order valence-electron chi connectivity index (χ0n) is 25.5. The highest BCUT2D eigenvalue weighted by Crippen LogP contribution is 2.38. The van der Waals surface area contributed by atoms with Crippen LogP contribution in [0.15, 0.2) is 30.4 Å². The summed E-state index contributed by atoms with van der Waals surface area (Å²) in [6, 6.07) is 3.50. The van der Waals surface area contributed by atoms with Gasteiger partial charge in [0, 0.05) is 10.5 Å². The third-order valence-electron chi connectivity index (χ3n) is 7.83. The molecule has 0 fully saturated rings. The molecule has 1 aromatic carbocycles. The number of allylic oxidation sites excluding steroid dienone is 1. The van der Waals surface area contributed by atoms with Gasteiger partial charge in [-0.05, 0) is 37.0 Å². The van der Waals surface area contributed by atoms with E-state index in [2.05, 4.69) is 80.8 Å². The molecule has 1 aromatic rings. The Kier molecular flexibility index (Phi) is 17.2. The fourth-order valence-electron chi connectivity index (χ4n) is 4.24. The zero-order valence-corrected chi connectivity index (χ0v) is 28.7. The van der Waals surface area contributed by atoms with E-state index in [4.69, 9.17) is 4.43 Å². The monoisotopic (exact) mass is 689 g/mol. The van der Waals surface area contributed by atoms with Crippen LogP contribution < -0.4 is 5.32 Å². The molecule has 2 atom stereocenters. The molecule has 0 bridgehead atoms. The van der Waals surface area contributed by atoms with Crippen molar-refractivity contribution < 1.29 is 14.3 Å². The minimum atomic E-state index is -2.15. The molecule has 0 radical (unpaired) electrons. The SMILES string of the molecule is CCCCCCCCCCCCC/C=C/[C@@H](O[Si](C)(C)C(C)(C)C)[C@@H](CI)Nc1ccc([N+](=O)[O-])cc1[N+](=O)[O-]. The second-order valence-electron chi connectivity index (χ2n) is 12.2. The van der Waals surface area contributed by atoms with E-state index in [1.54, 1.807) is 0 Å². The molecule has 0 aliphatic heterocycles. The minimum Gasteiger partial charge on any atom is -0.408 e. The van der Waals surface area contributed by atoms with Gasteiger partial charge in [-0.25, -0.2) is 0 Å². The lowest BCUT2D eigenvalue weighted by molar-refractivity contribution is -0.393. The Hall–Kier alpha value is -1.53. The van der Waals surface area contributed by atoms with E-state index >= 15 is 0 Å². The third kappa shape index (κ3) is 13.4. The van der Waals surface area contributed by atoms with Crippen LogP contribution in [0.4, 0.5) is 17.1 Å². The number of hydrogen-bond acceptors (Lipinski definition) is 6. The van der Waals surface area contributed by atoms with Gasteiger partial charge in [-0.15, -0.1) is 0 Å². The molecule has 0 heterocycles. The summed E-state index contributed by atoms with van der Waals surface area (Å²) in [7, 11) is -2.15. The number of benzene rings is 1. The quantitative estimate of drug-likeness (QED) is 0.0262. The predicted molar refractivity (Wildman–Crippen MR) is 178 cm³/mol. The number of hydrogen-bond donors (Lipinski definition) is 1. The van der Waals surface area contributed by atoms with Crippen molar-refractivity contribution in [2.75, 3.05) is 9.74 Å².